The lowest BCUT2D eigenvalue weighted by Crippen LogP contribution is -2.37. The Balaban J connectivity index is 1.60. The highest BCUT2D eigenvalue weighted by Crippen LogP contribution is 2.26. The molecule has 2 N–H and O–H groups in total. The van der Waals surface area contributed by atoms with Crippen molar-refractivity contribution in [3.05, 3.63) is 59.7 Å². The third-order valence-electron chi connectivity index (χ3n) is 4.72. The fourth-order valence-electron chi connectivity index (χ4n) is 3.20. The maximum absolute atomic E-state index is 12.6. The maximum Gasteiger partial charge on any atom is 0.573 e. The molecule has 0 bridgehead atoms. The van der Waals surface area contributed by atoms with Crippen molar-refractivity contribution in [2.45, 2.75) is 26.4 Å². The molecule has 6 nitrogen and oxygen atoms in total. The van der Waals surface area contributed by atoms with Gasteiger partial charge in [-0.1, -0.05) is 30.3 Å². The summed E-state index contributed by atoms with van der Waals surface area (Å²) in [7, 11) is 0. The van der Waals surface area contributed by atoms with E-state index in [1.807, 2.05) is 19.1 Å². The van der Waals surface area contributed by atoms with Crippen LogP contribution in [-0.4, -0.2) is 45.2 Å². The van der Waals surface area contributed by atoms with Crippen molar-refractivity contribution in [1.29, 1.82) is 0 Å². The van der Waals surface area contributed by atoms with Crippen LogP contribution in [0.5, 0.6) is 5.75 Å². The van der Waals surface area contributed by atoms with Gasteiger partial charge >= 0.3 is 6.36 Å². The zero-order chi connectivity index (χ0) is 22.1. The van der Waals surface area contributed by atoms with Gasteiger partial charge in [-0.25, -0.2) is 4.99 Å². The third kappa shape index (κ3) is 7.36. The summed E-state index contributed by atoms with van der Waals surface area (Å²) < 4.78 is 47.3. The summed E-state index contributed by atoms with van der Waals surface area (Å²) in [5.74, 6) is 0.290. The van der Waals surface area contributed by atoms with Crippen LogP contribution in [0, 0.1) is 0 Å². The fourth-order valence-corrected chi connectivity index (χ4v) is 3.20. The minimum absolute atomic E-state index is 0.147. The minimum atomic E-state index is -4.73. The van der Waals surface area contributed by atoms with Crippen LogP contribution in [-0.2, 0) is 17.8 Å². The van der Waals surface area contributed by atoms with Crippen LogP contribution >= 0.6 is 0 Å². The quantitative estimate of drug-likeness (QED) is 0.512. The average Bonchev–Trinajstić information content (AvgIpc) is 2.76. The van der Waals surface area contributed by atoms with E-state index in [1.54, 1.807) is 12.1 Å². The minimum Gasteiger partial charge on any atom is -0.405 e. The Morgan fingerprint density at radius 2 is 1.77 bits per heavy atom. The van der Waals surface area contributed by atoms with Crippen LogP contribution in [0.4, 0.5) is 18.9 Å². The monoisotopic (exact) mass is 436 g/mol. The highest BCUT2D eigenvalue weighted by molar-refractivity contribution is 5.79. The first-order chi connectivity index (χ1) is 14.9. The predicted molar refractivity (Wildman–Crippen MR) is 114 cm³/mol. The zero-order valence-corrected chi connectivity index (χ0v) is 17.4. The van der Waals surface area contributed by atoms with Gasteiger partial charge in [0, 0.05) is 37.4 Å². The van der Waals surface area contributed by atoms with Gasteiger partial charge in [0.2, 0.25) is 0 Å². The number of nitrogens with zero attached hydrogens (tertiary/aromatic N) is 2. The van der Waals surface area contributed by atoms with Crippen molar-refractivity contribution in [1.82, 2.24) is 10.6 Å². The second-order valence-corrected chi connectivity index (χ2v) is 6.97. The SMILES string of the molecule is CCNC(=NCc1ccc(N2CCOCC2)cc1)NCc1ccccc1OC(F)(F)F. The molecule has 0 amide bonds. The number of guanidine groups is 1. The molecule has 31 heavy (non-hydrogen) atoms. The van der Waals surface area contributed by atoms with E-state index in [-0.39, 0.29) is 12.3 Å². The van der Waals surface area contributed by atoms with E-state index in [4.69, 9.17) is 4.74 Å². The van der Waals surface area contributed by atoms with Gasteiger partial charge in [-0.15, -0.1) is 13.2 Å². The number of hydrogen-bond donors (Lipinski definition) is 2. The molecule has 0 spiro atoms. The first-order valence-corrected chi connectivity index (χ1v) is 10.2. The Kier molecular flexibility index (Phi) is 8.00. The number of alkyl halides is 3. The van der Waals surface area contributed by atoms with E-state index < -0.39 is 6.36 Å². The molecule has 0 aromatic heterocycles. The summed E-state index contributed by atoms with van der Waals surface area (Å²) in [6, 6.07) is 14.3. The standard InChI is InChI=1S/C22H27F3N4O2/c1-2-26-21(28-16-18-5-3-4-6-20(18)31-22(23,24)25)27-15-17-7-9-19(10-8-17)29-11-13-30-14-12-29/h3-10H,2,11-16H2,1H3,(H2,26,27,28). The second-order valence-electron chi connectivity index (χ2n) is 6.97. The highest BCUT2D eigenvalue weighted by atomic mass is 19.4. The summed E-state index contributed by atoms with van der Waals surface area (Å²) >= 11 is 0. The fraction of sp³-hybridized carbons (Fsp3) is 0.409. The lowest BCUT2D eigenvalue weighted by Gasteiger charge is -2.28. The lowest BCUT2D eigenvalue weighted by atomic mass is 10.2. The van der Waals surface area contributed by atoms with Crippen molar-refractivity contribution in [2.75, 3.05) is 37.7 Å². The molecule has 2 aromatic rings. The number of hydrogen-bond acceptors (Lipinski definition) is 4. The molecule has 9 heteroatoms. The molecule has 1 heterocycles. The Hall–Kier alpha value is -2.94. The highest BCUT2D eigenvalue weighted by Gasteiger charge is 2.31. The predicted octanol–water partition coefficient (Wildman–Crippen LogP) is 3.68. The van der Waals surface area contributed by atoms with Crippen LogP contribution in [0.2, 0.25) is 0 Å². The zero-order valence-electron chi connectivity index (χ0n) is 17.4. The molecule has 1 saturated heterocycles. The van der Waals surface area contributed by atoms with Gasteiger partial charge in [-0.2, -0.15) is 0 Å². The van der Waals surface area contributed by atoms with Gasteiger partial charge in [0.25, 0.3) is 0 Å². The summed E-state index contributed by atoms with van der Waals surface area (Å²) in [6.45, 7) is 6.38. The van der Waals surface area contributed by atoms with Gasteiger partial charge in [0.1, 0.15) is 5.75 Å². The summed E-state index contributed by atoms with van der Waals surface area (Å²) in [5, 5.41) is 6.17. The molecular weight excluding hydrogens is 409 g/mol. The van der Waals surface area contributed by atoms with Gasteiger partial charge in [-0.05, 0) is 30.7 Å². The molecule has 2 aromatic carbocycles. The molecule has 1 fully saturated rings. The second kappa shape index (κ2) is 10.9. The number of para-hydroxylation sites is 1. The van der Waals surface area contributed by atoms with Crippen molar-refractivity contribution >= 4 is 11.6 Å². The van der Waals surface area contributed by atoms with Gasteiger partial charge in [0.05, 0.1) is 19.8 Å². The van der Waals surface area contributed by atoms with E-state index in [2.05, 4.69) is 37.4 Å². The molecule has 0 aliphatic carbocycles. The molecule has 1 aliphatic heterocycles. The normalized spacial score (nSPS) is 15.0. The topological polar surface area (TPSA) is 58.1 Å². The van der Waals surface area contributed by atoms with Crippen LogP contribution in [0.15, 0.2) is 53.5 Å². The van der Waals surface area contributed by atoms with Crippen molar-refractivity contribution in [3.63, 3.8) is 0 Å². The lowest BCUT2D eigenvalue weighted by molar-refractivity contribution is -0.274. The third-order valence-corrected chi connectivity index (χ3v) is 4.72. The number of halogens is 3. The Bertz CT molecular complexity index is 851. The molecule has 1 aliphatic rings. The van der Waals surface area contributed by atoms with E-state index >= 15 is 0 Å². The number of rotatable bonds is 7. The number of nitrogens with one attached hydrogen (secondary N) is 2. The van der Waals surface area contributed by atoms with Crippen LogP contribution in [0.25, 0.3) is 0 Å². The molecule has 168 valence electrons. The van der Waals surface area contributed by atoms with Gasteiger partial charge < -0.3 is 25.0 Å². The van der Waals surface area contributed by atoms with E-state index in [0.29, 0.717) is 24.6 Å². The average molecular weight is 436 g/mol. The Labute approximate surface area is 180 Å². The first kappa shape index (κ1) is 22.7. The molecule has 0 saturated carbocycles. The summed E-state index contributed by atoms with van der Waals surface area (Å²) in [5.41, 5.74) is 2.58. The number of aliphatic imine (C=N–C) groups is 1. The smallest absolute Gasteiger partial charge is 0.405 e. The number of ether oxygens (including phenoxy) is 2. The number of anilines is 1. The Morgan fingerprint density at radius 3 is 2.45 bits per heavy atom. The van der Waals surface area contributed by atoms with Gasteiger partial charge in [-0.3, -0.25) is 0 Å². The molecule has 0 radical (unpaired) electrons. The van der Waals surface area contributed by atoms with Gasteiger partial charge in [0.15, 0.2) is 5.96 Å². The number of morpholine rings is 1. The van der Waals surface area contributed by atoms with Crippen molar-refractivity contribution < 1.29 is 22.6 Å². The largest absolute Gasteiger partial charge is 0.573 e. The summed E-state index contributed by atoms with van der Waals surface area (Å²) in [6.07, 6.45) is -4.73. The molecule has 0 unspecified atom stereocenters. The molecule has 3 rings (SSSR count). The van der Waals surface area contributed by atoms with Crippen LogP contribution in [0.1, 0.15) is 18.1 Å². The Morgan fingerprint density at radius 1 is 1.06 bits per heavy atom. The summed E-state index contributed by atoms with van der Waals surface area (Å²) in [4.78, 5) is 6.82. The number of benzene rings is 2. The first-order valence-electron chi connectivity index (χ1n) is 10.2. The van der Waals surface area contributed by atoms with E-state index in [1.165, 1.54) is 12.1 Å². The molecule has 0 atom stereocenters. The van der Waals surface area contributed by atoms with E-state index in [9.17, 15) is 13.2 Å². The van der Waals surface area contributed by atoms with Crippen LogP contribution < -0.4 is 20.3 Å². The van der Waals surface area contributed by atoms with Crippen molar-refractivity contribution in [2.24, 2.45) is 4.99 Å². The van der Waals surface area contributed by atoms with E-state index in [0.717, 1.165) is 37.6 Å². The van der Waals surface area contributed by atoms with Crippen LogP contribution in [0.3, 0.4) is 0 Å². The molecular formula is C22H27F3N4O2. The van der Waals surface area contributed by atoms with Crippen molar-refractivity contribution in [3.8, 4) is 5.75 Å². The maximum atomic E-state index is 12.6.